The Morgan fingerprint density at radius 3 is 2.52 bits per heavy atom. The van der Waals surface area contributed by atoms with E-state index in [0.29, 0.717) is 17.5 Å². The molecular formula is C22H29FN2O2. The van der Waals surface area contributed by atoms with Gasteiger partial charge in [0.15, 0.2) is 0 Å². The van der Waals surface area contributed by atoms with Crippen molar-refractivity contribution in [2.45, 2.75) is 51.5 Å². The molecule has 0 aromatic heterocycles. The second kappa shape index (κ2) is 6.56. The van der Waals surface area contributed by atoms with Crippen LogP contribution in [0.1, 0.15) is 60.9 Å². The van der Waals surface area contributed by atoms with E-state index in [0.717, 1.165) is 36.8 Å². The number of hydrogen-bond acceptors (Lipinski definition) is 3. The first-order valence-corrected chi connectivity index (χ1v) is 10.5. The van der Waals surface area contributed by atoms with Gasteiger partial charge < -0.3 is 0 Å². The quantitative estimate of drug-likeness (QED) is 0.623. The summed E-state index contributed by atoms with van der Waals surface area (Å²) in [5.41, 5.74) is 2.82. The molecule has 1 amide bonds. The van der Waals surface area contributed by atoms with Crippen molar-refractivity contribution in [3.63, 3.8) is 0 Å². The van der Waals surface area contributed by atoms with Crippen LogP contribution in [0.5, 0.6) is 0 Å². The van der Waals surface area contributed by atoms with Crippen molar-refractivity contribution >= 4 is 5.91 Å². The van der Waals surface area contributed by atoms with E-state index in [1.165, 1.54) is 51.0 Å². The molecular weight excluding hydrogens is 343 g/mol. The van der Waals surface area contributed by atoms with Gasteiger partial charge in [-0.2, -0.15) is 0 Å². The van der Waals surface area contributed by atoms with Gasteiger partial charge in [0.05, 0.1) is 0 Å². The van der Waals surface area contributed by atoms with Crippen molar-refractivity contribution in [1.29, 1.82) is 0 Å². The Labute approximate surface area is 160 Å². The van der Waals surface area contributed by atoms with Gasteiger partial charge in [0, 0.05) is 24.2 Å². The first-order chi connectivity index (χ1) is 13.1. The number of amides is 1. The fraction of sp³-hybridized carbons (Fsp3) is 0.682. The molecule has 4 bridgehead atoms. The molecule has 4 saturated carbocycles. The Balaban J connectivity index is 1.33. The standard InChI is InChI=1S/C22H29FN2O2/c23-20-11-16(21(26)24-27)2-3-17(20)12-25-5-1-4-22(13-25)18-7-14-6-15(9-18)10-19(22)8-14/h2-3,11,14-15,18-19,27H,1,4-10,12-13H2,(H,24,26). The molecule has 146 valence electrons. The predicted molar refractivity (Wildman–Crippen MR) is 99.6 cm³/mol. The van der Waals surface area contributed by atoms with Gasteiger partial charge in [0.1, 0.15) is 5.82 Å². The van der Waals surface area contributed by atoms with Crippen molar-refractivity contribution in [1.82, 2.24) is 10.4 Å². The Bertz CT molecular complexity index is 722. The van der Waals surface area contributed by atoms with Gasteiger partial charge in [-0.1, -0.05) is 6.07 Å². The minimum Gasteiger partial charge on any atom is -0.298 e. The number of likely N-dealkylation sites (tertiary alicyclic amines) is 1. The van der Waals surface area contributed by atoms with Crippen LogP contribution >= 0.6 is 0 Å². The summed E-state index contributed by atoms with van der Waals surface area (Å²) in [4.78, 5) is 13.9. The monoisotopic (exact) mass is 372 g/mol. The number of benzene rings is 1. The summed E-state index contributed by atoms with van der Waals surface area (Å²) in [6.07, 6.45) is 9.78. The van der Waals surface area contributed by atoms with Gasteiger partial charge in [-0.05, 0) is 92.7 Å². The minimum atomic E-state index is -0.675. The molecule has 5 fully saturated rings. The zero-order chi connectivity index (χ0) is 18.6. The molecule has 5 heteroatoms. The number of piperidine rings is 1. The highest BCUT2D eigenvalue weighted by atomic mass is 19.1. The zero-order valence-corrected chi connectivity index (χ0v) is 15.8. The largest absolute Gasteiger partial charge is 0.298 e. The van der Waals surface area contributed by atoms with Crippen molar-refractivity contribution in [3.8, 4) is 0 Å². The molecule has 1 aliphatic heterocycles. The molecule has 0 radical (unpaired) electrons. The van der Waals surface area contributed by atoms with E-state index in [1.807, 2.05) is 0 Å². The normalized spacial score (nSPS) is 37.7. The van der Waals surface area contributed by atoms with Crippen LogP contribution < -0.4 is 5.48 Å². The summed E-state index contributed by atoms with van der Waals surface area (Å²) in [5.74, 6) is 2.70. The molecule has 4 nitrogen and oxygen atoms in total. The lowest BCUT2D eigenvalue weighted by molar-refractivity contribution is -0.140. The van der Waals surface area contributed by atoms with Crippen LogP contribution in [0, 0.1) is 34.9 Å². The molecule has 0 unspecified atom stereocenters. The van der Waals surface area contributed by atoms with Crippen LogP contribution in [0.2, 0.25) is 0 Å². The average molecular weight is 372 g/mol. The summed E-state index contributed by atoms with van der Waals surface area (Å²) in [6.45, 7) is 2.76. The first-order valence-electron chi connectivity index (χ1n) is 10.5. The third-order valence-corrected chi connectivity index (χ3v) is 8.21. The van der Waals surface area contributed by atoms with E-state index >= 15 is 0 Å². The maximum absolute atomic E-state index is 14.5. The highest BCUT2D eigenvalue weighted by Gasteiger charge is 2.57. The van der Waals surface area contributed by atoms with E-state index in [9.17, 15) is 9.18 Å². The van der Waals surface area contributed by atoms with Gasteiger partial charge in [-0.3, -0.25) is 14.9 Å². The molecule has 1 aromatic rings. The van der Waals surface area contributed by atoms with Crippen LogP contribution in [0.25, 0.3) is 0 Å². The summed E-state index contributed by atoms with van der Waals surface area (Å²) in [6, 6.07) is 4.51. The van der Waals surface area contributed by atoms with Crippen LogP contribution in [-0.4, -0.2) is 29.1 Å². The van der Waals surface area contributed by atoms with E-state index in [4.69, 9.17) is 5.21 Å². The number of rotatable bonds is 3. The third-order valence-electron chi connectivity index (χ3n) is 8.21. The predicted octanol–water partition coefficient (Wildman–Crippen LogP) is 3.98. The molecule has 2 N–H and O–H groups in total. The van der Waals surface area contributed by atoms with Crippen LogP contribution in [0.3, 0.4) is 0 Å². The average Bonchev–Trinajstić information content (AvgIpc) is 2.67. The lowest BCUT2D eigenvalue weighted by Gasteiger charge is -2.64. The van der Waals surface area contributed by atoms with Gasteiger partial charge >= 0.3 is 0 Å². The van der Waals surface area contributed by atoms with Crippen LogP contribution in [-0.2, 0) is 6.54 Å². The van der Waals surface area contributed by atoms with Gasteiger partial charge in [0.25, 0.3) is 5.91 Å². The van der Waals surface area contributed by atoms with Crippen molar-refractivity contribution in [3.05, 3.63) is 35.1 Å². The molecule has 5 aliphatic rings. The first kappa shape index (κ1) is 17.6. The molecule has 6 rings (SSSR count). The minimum absolute atomic E-state index is 0.148. The van der Waals surface area contributed by atoms with Crippen molar-refractivity contribution < 1.29 is 14.4 Å². The summed E-state index contributed by atoms with van der Waals surface area (Å²) < 4.78 is 14.5. The van der Waals surface area contributed by atoms with Crippen molar-refractivity contribution in [2.24, 2.45) is 29.1 Å². The zero-order valence-electron chi connectivity index (χ0n) is 15.8. The van der Waals surface area contributed by atoms with Crippen molar-refractivity contribution in [2.75, 3.05) is 13.1 Å². The molecule has 1 saturated heterocycles. The Kier molecular flexibility index (Phi) is 4.28. The molecule has 1 aromatic carbocycles. The second-order valence-corrected chi connectivity index (χ2v) is 9.60. The SMILES string of the molecule is O=C(NO)c1ccc(CN2CCCC3(C2)C2CC4CC(C2)CC3C4)c(F)c1. The van der Waals surface area contributed by atoms with Crippen LogP contribution in [0.15, 0.2) is 18.2 Å². The highest BCUT2D eigenvalue weighted by Crippen LogP contribution is 2.64. The maximum Gasteiger partial charge on any atom is 0.274 e. The Hall–Kier alpha value is -1.46. The topological polar surface area (TPSA) is 52.6 Å². The number of carbonyl (C=O) groups excluding carboxylic acids is 1. The summed E-state index contributed by atoms with van der Waals surface area (Å²) in [5, 5.41) is 8.72. The number of nitrogens with one attached hydrogen (secondary N) is 1. The number of nitrogens with zero attached hydrogens (tertiary/aromatic N) is 1. The van der Waals surface area contributed by atoms with Crippen LogP contribution in [0.4, 0.5) is 4.39 Å². The molecule has 0 atom stereocenters. The molecule has 1 heterocycles. The maximum atomic E-state index is 14.5. The third kappa shape index (κ3) is 2.90. The fourth-order valence-electron chi connectivity index (χ4n) is 7.25. The number of hydroxylamine groups is 1. The van der Waals surface area contributed by atoms with E-state index in [2.05, 4.69) is 4.90 Å². The highest BCUT2D eigenvalue weighted by molar-refractivity contribution is 5.93. The summed E-state index contributed by atoms with van der Waals surface area (Å²) >= 11 is 0. The second-order valence-electron chi connectivity index (χ2n) is 9.60. The van der Waals surface area contributed by atoms with E-state index in [1.54, 1.807) is 17.6 Å². The smallest absolute Gasteiger partial charge is 0.274 e. The van der Waals surface area contributed by atoms with Gasteiger partial charge in [0.2, 0.25) is 0 Å². The number of carbonyl (C=O) groups is 1. The Morgan fingerprint density at radius 1 is 1.19 bits per heavy atom. The molecule has 4 aliphatic carbocycles. The molecule has 1 spiro atoms. The lowest BCUT2D eigenvalue weighted by Crippen LogP contribution is -2.59. The lowest BCUT2D eigenvalue weighted by atomic mass is 9.44. The Morgan fingerprint density at radius 2 is 1.89 bits per heavy atom. The fourth-order valence-corrected chi connectivity index (χ4v) is 7.25. The number of halogens is 1. The van der Waals surface area contributed by atoms with E-state index < -0.39 is 5.91 Å². The summed E-state index contributed by atoms with van der Waals surface area (Å²) in [7, 11) is 0. The number of hydrogen-bond donors (Lipinski definition) is 2. The van der Waals surface area contributed by atoms with E-state index in [-0.39, 0.29) is 11.4 Å². The van der Waals surface area contributed by atoms with Gasteiger partial charge in [-0.15, -0.1) is 0 Å². The molecule has 27 heavy (non-hydrogen) atoms. The van der Waals surface area contributed by atoms with Gasteiger partial charge in [-0.25, -0.2) is 9.87 Å².